The first kappa shape index (κ1) is 15.7. The van der Waals surface area contributed by atoms with Gasteiger partial charge >= 0.3 is 0 Å². The third kappa shape index (κ3) is 3.16. The Bertz CT molecular complexity index is 641. The normalized spacial score (nSPS) is 15.2. The number of nitro benzene ring substituents is 1. The van der Waals surface area contributed by atoms with E-state index in [0.29, 0.717) is 13.1 Å². The summed E-state index contributed by atoms with van der Waals surface area (Å²) in [4.78, 5) is 10.4. The van der Waals surface area contributed by atoms with Crippen molar-refractivity contribution < 1.29 is 13.3 Å². The number of nitrogens with one attached hydrogen (secondary N) is 1. The van der Waals surface area contributed by atoms with E-state index in [1.807, 2.05) is 6.92 Å². The van der Waals surface area contributed by atoms with Crippen LogP contribution in [-0.2, 0) is 10.0 Å². The molecule has 8 heteroatoms. The van der Waals surface area contributed by atoms with Crippen molar-refractivity contribution in [2.45, 2.75) is 37.6 Å². The van der Waals surface area contributed by atoms with Crippen molar-refractivity contribution >= 4 is 21.4 Å². The Kier molecular flexibility index (Phi) is 4.48. The smallest absolute Gasteiger partial charge is 0.271 e. The first-order valence-electron chi connectivity index (χ1n) is 6.96. The highest BCUT2D eigenvalue weighted by atomic mass is 32.2. The van der Waals surface area contributed by atoms with Crippen molar-refractivity contribution in [2.75, 3.05) is 18.4 Å². The maximum atomic E-state index is 12.7. The quantitative estimate of drug-likeness (QED) is 0.615. The van der Waals surface area contributed by atoms with E-state index in [9.17, 15) is 18.5 Å². The monoisotopic (exact) mass is 313 g/mol. The zero-order valence-corrected chi connectivity index (χ0v) is 12.9. The van der Waals surface area contributed by atoms with Crippen LogP contribution in [0.25, 0.3) is 0 Å². The molecule has 0 saturated heterocycles. The van der Waals surface area contributed by atoms with E-state index >= 15 is 0 Å². The number of anilines is 1. The van der Waals surface area contributed by atoms with E-state index in [-0.39, 0.29) is 22.3 Å². The minimum Gasteiger partial charge on any atom is -0.384 e. The molecule has 1 aromatic rings. The first-order valence-corrected chi connectivity index (χ1v) is 8.40. The molecule has 0 amide bonds. The van der Waals surface area contributed by atoms with Gasteiger partial charge in [0.05, 0.1) is 10.6 Å². The van der Waals surface area contributed by atoms with Crippen LogP contribution in [0.1, 0.15) is 26.7 Å². The van der Waals surface area contributed by atoms with Gasteiger partial charge in [0, 0.05) is 31.3 Å². The number of hydrogen-bond donors (Lipinski definition) is 1. The average Bonchev–Trinajstić information content (AvgIpc) is 3.24. The van der Waals surface area contributed by atoms with Gasteiger partial charge in [-0.3, -0.25) is 10.1 Å². The van der Waals surface area contributed by atoms with Gasteiger partial charge in [-0.25, -0.2) is 8.42 Å². The Morgan fingerprint density at radius 2 is 2.05 bits per heavy atom. The molecule has 0 spiro atoms. The molecule has 0 aromatic heterocycles. The lowest BCUT2D eigenvalue weighted by Gasteiger charge is -2.21. The zero-order chi connectivity index (χ0) is 15.6. The Labute approximate surface area is 124 Å². The first-order chi connectivity index (χ1) is 9.91. The maximum absolute atomic E-state index is 12.7. The molecule has 1 N–H and O–H groups in total. The molecule has 0 radical (unpaired) electrons. The summed E-state index contributed by atoms with van der Waals surface area (Å²) in [6.07, 6.45) is 1.74. The second-order valence-electron chi connectivity index (χ2n) is 4.91. The van der Waals surface area contributed by atoms with E-state index in [1.165, 1.54) is 22.5 Å². The molecule has 1 fully saturated rings. The van der Waals surface area contributed by atoms with Crippen molar-refractivity contribution in [3.63, 3.8) is 0 Å². The fourth-order valence-corrected chi connectivity index (χ4v) is 4.14. The fourth-order valence-electron chi connectivity index (χ4n) is 2.30. The van der Waals surface area contributed by atoms with Crippen molar-refractivity contribution in [2.24, 2.45) is 0 Å². The minimum absolute atomic E-state index is 0.0599. The van der Waals surface area contributed by atoms with Crippen molar-refractivity contribution in [3.05, 3.63) is 28.3 Å². The average molecular weight is 313 g/mol. The van der Waals surface area contributed by atoms with Crippen LogP contribution in [0, 0.1) is 10.1 Å². The summed E-state index contributed by atoms with van der Waals surface area (Å²) in [6.45, 7) is 4.50. The van der Waals surface area contributed by atoms with Gasteiger partial charge in [0.15, 0.2) is 0 Å². The molecule has 21 heavy (non-hydrogen) atoms. The third-order valence-corrected chi connectivity index (χ3v) is 5.48. The summed E-state index contributed by atoms with van der Waals surface area (Å²) >= 11 is 0. The van der Waals surface area contributed by atoms with E-state index in [2.05, 4.69) is 5.32 Å². The van der Waals surface area contributed by atoms with Crippen molar-refractivity contribution in [3.8, 4) is 0 Å². The molecule has 1 aliphatic carbocycles. The highest BCUT2D eigenvalue weighted by Gasteiger charge is 2.38. The summed E-state index contributed by atoms with van der Waals surface area (Å²) < 4.78 is 26.9. The van der Waals surface area contributed by atoms with Gasteiger partial charge < -0.3 is 5.32 Å². The molecule has 1 aromatic carbocycles. The van der Waals surface area contributed by atoms with Crippen LogP contribution in [0.2, 0.25) is 0 Å². The summed E-state index contributed by atoms with van der Waals surface area (Å²) in [5.41, 5.74) is 0.158. The lowest BCUT2D eigenvalue weighted by Crippen LogP contribution is -2.33. The van der Waals surface area contributed by atoms with E-state index in [4.69, 9.17) is 0 Å². The largest absolute Gasteiger partial charge is 0.384 e. The van der Waals surface area contributed by atoms with E-state index in [0.717, 1.165) is 12.8 Å². The molecule has 0 aliphatic heterocycles. The molecule has 0 atom stereocenters. The van der Waals surface area contributed by atoms with Crippen LogP contribution in [0.4, 0.5) is 11.4 Å². The van der Waals surface area contributed by atoms with Crippen LogP contribution < -0.4 is 5.32 Å². The summed E-state index contributed by atoms with van der Waals surface area (Å²) in [6, 6.07) is 3.88. The Morgan fingerprint density at radius 1 is 1.38 bits per heavy atom. The Morgan fingerprint density at radius 3 is 2.52 bits per heavy atom. The topological polar surface area (TPSA) is 92.5 Å². The van der Waals surface area contributed by atoms with Gasteiger partial charge in [0.1, 0.15) is 4.90 Å². The van der Waals surface area contributed by atoms with Gasteiger partial charge in [-0.2, -0.15) is 4.31 Å². The lowest BCUT2D eigenvalue weighted by molar-refractivity contribution is -0.384. The second-order valence-corrected chi connectivity index (χ2v) is 6.77. The maximum Gasteiger partial charge on any atom is 0.271 e. The number of benzene rings is 1. The zero-order valence-electron chi connectivity index (χ0n) is 12.1. The molecule has 0 heterocycles. The number of hydrogen-bond acceptors (Lipinski definition) is 5. The van der Waals surface area contributed by atoms with Gasteiger partial charge in [0.25, 0.3) is 5.69 Å². The van der Waals surface area contributed by atoms with Crippen LogP contribution >= 0.6 is 0 Å². The summed E-state index contributed by atoms with van der Waals surface area (Å²) in [7, 11) is -3.63. The second kappa shape index (κ2) is 5.98. The van der Waals surface area contributed by atoms with Crippen LogP contribution in [0.3, 0.4) is 0 Å². The third-order valence-electron chi connectivity index (χ3n) is 3.39. The summed E-state index contributed by atoms with van der Waals surface area (Å²) in [5, 5.41) is 13.8. The molecule has 7 nitrogen and oxygen atoms in total. The lowest BCUT2D eigenvalue weighted by atomic mass is 10.3. The Balaban J connectivity index is 2.48. The molecule has 0 bridgehead atoms. The molecule has 1 aliphatic rings. The highest BCUT2D eigenvalue weighted by molar-refractivity contribution is 7.89. The highest BCUT2D eigenvalue weighted by Crippen LogP contribution is 2.35. The standard InChI is InChI=1S/C13H19N3O4S/c1-3-14-12-9-11(16(17)18)7-8-13(12)21(19,20)15(4-2)10-5-6-10/h7-10,14H,3-6H2,1-2H3. The van der Waals surface area contributed by atoms with Gasteiger partial charge in [0.2, 0.25) is 10.0 Å². The Hall–Kier alpha value is -1.67. The number of rotatable bonds is 7. The number of sulfonamides is 1. The predicted octanol–water partition coefficient (Wildman–Crippen LogP) is 2.20. The van der Waals surface area contributed by atoms with Crippen LogP contribution in [0.15, 0.2) is 23.1 Å². The van der Waals surface area contributed by atoms with Gasteiger partial charge in [-0.15, -0.1) is 0 Å². The van der Waals surface area contributed by atoms with Crippen molar-refractivity contribution in [1.29, 1.82) is 0 Å². The molecule has 0 unspecified atom stereocenters. The van der Waals surface area contributed by atoms with Crippen LogP contribution in [0.5, 0.6) is 0 Å². The number of nitrogens with zero attached hydrogens (tertiary/aromatic N) is 2. The molecule has 2 rings (SSSR count). The molecular weight excluding hydrogens is 294 g/mol. The van der Waals surface area contributed by atoms with Crippen molar-refractivity contribution in [1.82, 2.24) is 4.31 Å². The molecule has 1 saturated carbocycles. The van der Waals surface area contributed by atoms with E-state index in [1.54, 1.807) is 6.92 Å². The van der Waals surface area contributed by atoms with E-state index < -0.39 is 14.9 Å². The number of nitro groups is 1. The van der Waals surface area contributed by atoms with Crippen LogP contribution in [-0.4, -0.2) is 36.8 Å². The minimum atomic E-state index is -3.63. The molecule has 116 valence electrons. The molecular formula is C13H19N3O4S. The number of non-ortho nitro benzene ring substituents is 1. The van der Waals surface area contributed by atoms with Gasteiger partial charge in [-0.1, -0.05) is 6.92 Å². The summed E-state index contributed by atoms with van der Waals surface area (Å²) in [5.74, 6) is 0. The van der Waals surface area contributed by atoms with Gasteiger partial charge in [-0.05, 0) is 25.8 Å². The fraction of sp³-hybridized carbons (Fsp3) is 0.538. The predicted molar refractivity (Wildman–Crippen MR) is 79.8 cm³/mol. The SMILES string of the molecule is CCNc1cc([N+](=O)[O-])ccc1S(=O)(=O)N(CC)C1CC1.